The maximum absolute atomic E-state index is 11.7. The van der Waals surface area contributed by atoms with Gasteiger partial charge >= 0.3 is 5.69 Å². The second-order valence-electron chi connectivity index (χ2n) is 4.00. The van der Waals surface area contributed by atoms with Crippen LogP contribution in [0.2, 0.25) is 0 Å². The van der Waals surface area contributed by atoms with E-state index in [0.29, 0.717) is 0 Å². The first-order chi connectivity index (χ1) is 8.56. The number of aliphatic hydroxyl groups is 2. The molecule has 4 N–H and O–H groups in total. The Morgan fingerprint density at radius 3 is 3.00 bits per heavy atom. The Hall–Kier alpha value is -1.64. The summed E-state index contributed by atoms with van der Waals surface area (Å²) < 4.78 is 11.5. The molecule has 0 amide bonds. The van der Waals surface area contributed by atoms with Gasteiger partial charge in [-0.3, -0.25) is 4.57 Å². The molecule has 0 unspecified atom stereocenters. The fourth-order valence-corrected chi connectivity index (χ4v) is 1.88. The Morgan fingerprint density at radius 1 is 1.72 bits per heavy atom. The molecule has 1 aromatic rings. The van der Waals surface area contributed by atoms with Gasteiger partial charge in [-0.25, -0.2) is 4.79 Å². The summed E-state index contributed by atoms with van der Waals surface area (Å²) in [5.74, 6) is 0.246. The van der Waals surface area contributed by atoms with Crippen LogP contribution in [0.4, 0.5) is 5.82 Å². The van der Waals surface area contributed by atoms with Crippen LogP contribution in [0.15, 0.2) is 11.0 Å². The van der Waals surface area contributed by atoms with Crippen molar-refractivity contribution >= 4 is 5.82 Å². The number of aliphatic hydroxyl groups excluding tert-OH is 2. The summed E-state index contributed by atoms with van der Waals surface area (Å²) in [5.41, 5.74) is 4.91. The number of aromatic nitrogens is 2. The molecule has 1 fully saturated rings. The highest BCUT2D eigenvalue weighted by atomic mass is 16.5. The number of methoxy groups -OCH3 is 1. The molecule has 1 aliphatic rings. The van der Waals surface area contributed by atoms with E-state index in [1.807, 2.05) is 0 Å². The number of ether oxygens (including phenoxy) is 2. The number of hydrogen-bond acceptors (Lipinski definition) is 7. The topological polar surface area (TPSA) is 120 Å². The third-order valence-corrected chi connectivity index (χ3v) is 2.86. The van der Waals surface area contributed by atoms with Gasteiger partial charge < -0.3 is 25.4 Å². The Morgan fingerprint density at radius 2 is 2.44 bits per heavy atom. The van der Waals surface area contributed by atoms with E-state index in [4.69, 9.17) is 20.3 Å². The average Bonchev–Trinajstić information content (AvgIpc) is 2.70. The van der Waals surface area contributed by atoms with Crippen LogP contribution in [0.25, 0.3) is 0 Å². The number of nitrogen functional groups attached to an aromatic ring is 1. The molecule has 1 saturated heterocycles. The Kier molecular flexibility index (Phi) is 3.50. The van der Waals surface area contributed by atoms with Crippen molar-refractivity contribution in [3.05, 3.63) is 16.7 Å². The lowest BCUT2D eigenvalue weighted by Crippen LogP contribution is -2.28. The predicted molar refractivity (Wildman–Crippen MR) is 61.1 cm³/mol. The molecular formula is C10H15N3O5. The molecule has 0 saturated carbocycles. The van der Waals surface area contributed by atoms with E-state index < -0.39 is 24.1 Å². The second-order valence-corrected chi connectivity index (χ2v) is 4.00. The molecule has 100 valence electrons. The van der Waals surface area contributed by atoms with Crippen molar-refractivity contribution in [2.45, 2.75) is 24.9 Å². The quantitative estimate of drug-likeness (QED) is 0.601. The van der Waals surface area contributed by atoms with Crippen LogP contribution in [0.3, 0.4) is 0 Å². The summed E-state index contributed by atoms with van der Waals surface area (Å²) >= 11 is 0. The summed E-state index contributed by atoms with van der Waals surface area (Å²) in [4.78, 5) is 15.3. The van der Waals surface area contributed by atoms with E-state index in [9.17, 15) is 9.90 Å². The van der Waals surface area contributed by atoms with Crippen LogP contribution in [0, 0.1) is 0 Å². The lowest BCUT2D eigenvalue weighted by molar-refractivity contribution is -0.0460. The molecule has 1 aromatic heterocycles. The lowest BCUT2D eigenvalue weighted by Gasteiger charge is -2.15. The van der Waals surface area contributed by atoms with Gasteiger partial charge in [-0.15, -0.1) is 0 Å². The summed E-state index contributed by atoms with van der Waals surface area (Å²) in [7, 11) is 1.41. The maximum atomic E-state index is 11.7. The van der Waals surface area contributed by atoms with Crippen LogP contribution in [-0.2, 0) is 4.74 Å². The molecule has 8 nitrogen and oxygen atoms in total. The smallest absolute Gasteiger partial charge is 0.351 e. The van der Waals surface area contributed by atoms with Gasteiger partial charge in [0.25, 0.3) is 0 Å². The average molecular weight is 257 g/mol. The zero-order valence-electron chi connectivity index (χ0n) is 9.81. The highest BCUT2D eigenvalue weighted by Crippen LogP contribution is 2.28. The molecule has 18 heavy (non-hydrogen) atoms. The first-order valence-corrected chi connectivity index (χ1v) is 5.43. The van der Waals surface area contributed by atoms with Gasteiger partial charge in [0, 0.05) is 6.42 Å². The van der Waals surface area contributed by atoms with Gasteiger partial charge in [-0.1, -0.05) is 0 Å². The van der Waals surface area contributed by atoms with Crippen LogP contribution in [0.1, 0.15) is 12.6 Å². The minimum Gasteiger partial charge on any atom is -0.491 e. The fraction of sp³-hybridized carbons (Fsp3) is 0.600. The summed E-state index contributed by atoms with van der Waals surface area (Å²) in [6.07, 6.45) is -0.644. The molecule has 0 bridgehead atoms. The minimum atomic E-state index is -0.824. The van der Waals surface area contributed by atoms with Gasteiger partial charge in [0.1, 0.15) is 12.3 Å². The van der Waals surface area contributed by atoms with E-state index in [1.54, 1.807) is 0 Å². The molecule has 3 atom stereocenters. The minimum absolute atomic E-state index is 0.00370. The molecule has 0 aromatic carbocycles. The number of rotatable bonds is 3. The summed E-state index contributed by atoms with van der Waals surface area (Å²) in [6, 6.07) is 0. The fourth-order valence-electron chi connectivity index (χ4n) is 1.88. The van der Waals surface area contributed by atoms with Crippen molar-refractivity contribution in [1.82, 2.24) is 9.55 Å². The molecule has 8 heteroatoms. The Balaban J connectivity index is 2.32. The first kappa shape index (κ1) is 12.8. The van der Waals surface area contributed by atoms with E-state index in [0.717, 1.165) is 0 Å². The van der Waals surface area contributed by atoms with Crippen molar-refractivity contribution in [3.63, 3.8) is 0 Å². The van der Waals surface area contributed by atoms with Crippen LogP contribution < -0.4 is 16.2 Å². The van der Waals surface area contributed by atoms with E-state index in [-0.39, 0.29) is 24.6 Å². The molecule has 2 rings (SSSR count). The number of hydrogen-bond donors (Lipinski definition) is 3. The first-order valence-electron chi connectivity index (χ1n) is 5.43. The lowest BCUT2D eigenvalue weighted by atomic mass is 10.2. The molecular weight excluding hydrogens is 242 g/mol. The molecule has 0 radical (unpaired) electrons. The Bertz CT molecular complexity index is 489. The highest BCUT2D eigenvalue weighted by Gasteiger charge is 2.35. The second kappa shape index (κ2) is 4.92. The third-order valence-electron chi connectivity index (χ3n) is 2.86. The van der Waals surface area contributed by atoms with E-state index >= 15 is 0 Å². The third kappa shape index (κ3) is 2.17. The van der Waals surface area contributed by atoms with Gasteiger partial charge in [-0.05, 0) is 0 Å². The molecule has 0 aliphatic carbocycles. The van der Waals surface area contributed by atoms with Crippen LogP contribution >= 0.6 is 0 Å². The standard InChI is InChI=1S/C10H15N3O5/c1-17-6-3-13(10(16)12-9(6)11)8-2-5(15)7(4-14)18-8/h3,5,7-8,14-15H,2,4H2,1H3,(H2,11,12,16)/t5-,7+,8-/m1/s1. The van der Waals surface area contributed by atoms with Crippen molar-refractivity contribution in [2.75, 3.05) is 19.5 Å². The molecule has 1 aliphatic heterocycles. The van der Waals surface area contributed by atoms with E-state index in [1.165, 1.54) is 17.9 Å². The summed E-state index contributed by atoms with van der Waals surface area (Å²) in [6.45, 7) is -0.314. The highest BCUT2D eigenvalue weighted by molar-refractivity contribution is 5.43. The molecule has 0 spiro atoms. The SMILES string of the molecule is COc1cn([C@H]2C[C@@H](O)[C@H](CO)O2)c(=O)nc1N. The Labute approximate surface area is 103 Å². The molecule has 2 heterocycles. The zero-order chi connectivity index (χ0) is 13.3. The summed E-state index contributed by atoms with van der Waals surface area (Å²) in [5, 5.41) is 18.6. The normalized spacial score (nSPS) is 27.4. The van der Waals surface area contributed by atoms with Crippen LogP contribution in [0.5, 0.6) is 5.75 Å². The van der Waals surface area contributed by atoms with Crippen LogP contribution in [-0.4, -0.2) is 45.7 Å². The van der Waals surface area contributed by atoms with Gasteiger partial charge in [0.2, 0.25) is 0 Å². The van der Waals surface area contributed by atoms with Crippen molar-refractivity contribution in [2.24, 2.45) is 0 Å². The number of anilines is 1. The van der Waals surface area contributed by atoms with Crippen molar-refractivity contribution in [1.29, 1.82) is 0 Å². The van der Waals surface area contributed by atoms with Crippen molar-refractivity contribution in [3.8, 4) is 5.75 Å². The van der Waals surface area contributed by atoms with Gasteiger partial charge in [0.15, 0.2) is 11.6 Å². The van der Waals surface area contributed by atoms with Gasteiger partial charge in [-0.2, -0.15) is 4.98 Å². The zero-order valence-corrected chi connectivity index (χ0v) is 9.81. The predicted octanol–water partition coefficient (Wildman–Crippen LogP) is -1.53. The maximum Gasteiger partial charge on any atom is 0.351 e. The monoisotopic (exact) mass is 257 g/mol. The van der Waals surface area contributed by atoms with E-state index in [2.05, 4.69) is 4.98 Å². The van der Waals surface area contributed by atoms with Crippen molar-refractivity contribution < 1.29 is 19.7 Å². The number of nitrogens with two attached hydrogens (primary N) is 1. The largest absolute Gasteiger partial charge is 0.491 e. The number of nitrogens with zero attached hydrogens (tertiary/aromatic N) is 2. The van der Waals surface area contributed by atoms with Gasteiger partial charge in [0.05, 0.1) is 26.0 Å².